The fourth-order valence-corrected chi connectivity index (χ4v) is 2.34. The molecule has 0 amide bonds. The van der Waals surface area contributed by atoms with Crippen molar-refractivity contribution in [2.24, 2.45) is 0 Å². The quantitative estimate of drug-likeness (QED) is 0.758. The van der Waals surface area contributed by atoms with Crippen LogP contribution in [0.25, 0.3) is 0 Å². The van der Waals surface area contributed by atoms with Gasteiger partial charge >= 0.3 is 0 Å². The minimum absolute atomic E-state index is 0.163. The van der Waals surface area contributed by atoms with Gasteiger partial charge in [0.25, 0.3) is 0 Å². The third-order valence-electron chi connectivity index (χ3n) is 3.32. The van der Waals surface area contributed by atoms with E-state index < -0.39 is 0 Å². The Balaban J connectivity index is 2.08. The molecule has 0 N–H and O–H groups in total. The molecule has 1 atom stereocenters. The number of anilines is 1. The van der Waals surface area contributed by atoms with Gasteiger partial charge in [-0.05, 0) is 37.7 Å². The average molecular weight is 222 g/mol. The van der Waals surface area contributed by atoms with Crippen molar-refractivity contribution < 1.29 is 4.39 Å². The van der Waals surface area contributed by atoms with E-state index in [1.54, 1.807) is 0 Å². The molecule has 0 unspecified atom stereocenters. The molecule has 2 rings (SSSR count). The van der Waals surface area contributed by atoms with E-state index in [1.165, 1.54) is 12.1 Å². The molecule has 1 aromatic carbocycles. The maximum atomic E-state index is 12.8. The number of rotatable bonds is 2. The van der Waals surface area contributed by atoms with Crippen molar-refractivity contribution in [2.75, 3.05) is 31.1 Å². The average Bonchev–Trinajstić information content (AvgIpc) is 2.30. The Hall–Kier alpha value is -1.09. The first-order chi connectivity index (χ1) is 7.70. The van der Waals surface area contributed by atoms with Gasteiger partial charge in [0.15, 0.2) is 0 Å². The van der Waals surface area contributed by atoms with E-state index in [-0.39, 0.29) is 5.82 Å². The minimum Gasteiger partial charge on any atom is -0.366 e. The standard InChI is InChI=1S/C13H19FN2/c1-3-15-8-9-16(11(2)10-15)13-6-4-12(14)5-7-13/h4-7,11H,3,8-10H2,1-2H3/t11-/m1/s1. The Morgan fingerprint density at radius 1 is 1.25 bits per heavy atom. The Morgan fingerprint density at radius 3 is 2.50 bits per heavy atom. The topological polar surface area (TPSA) is 6.48 Å². The van der Waals surface area contributed by atoms with E-state index in [0.29, 0.717) is 6.04 Å². The highest BCUT2D eigenvalue weighted by Gasteiger charge is 2.22. The van der Waals surface area contributed by atoms with Gasteiger partial charge in [-0.25, -0.2) is 4.39 Å². The lowest BCUT2D eigenvalue weighted by Crippen LogP contribution is -2.51. The van der Waals surface area contributed by atoms with Crippen LogP contribution in [-0.2, 0) is 0 Å². The summed E-state index contributed by atoms with van der Waals surface area (Å²) < 4.78 is 12.8. The predicted octanol–water partition coefficient (Wildman–Crippen LogP) is 2.36. The van der Waals surface area contributed by atoms with E-state index in [0.717, 1.165) is 31.9 Å². The van der Waals surface area contributed by atoms with Gasteiger partial charge < -0.3 is 4.90 Å². The number of piperazine rings is 1. The zero-order chi connectivity index (χ0) is 11.5. The van der Waals surface area contributed by atoms with Crippen molar-refractivity contribution in [3.63, 3.8) is 0 Å². The molecule has 16 heavy (non-hydrogen) atoms. The highest BCUT2D eigenvalue weighted by atomic mass is 19.1. The van der Waals surface area contributed by atoms with Gasteiger partial charge in [-0.1, -0.05) is 6.92 Å². The van der Waals surface area contributed by atoms with Crippen LogP contribution in [0, 0.1) is 5.82 Å². The Bertz CT molecular complexity index is 336. The lowest BCUT2D eigenvalue weighted by Gasteiger charge is -2.41. The molecule has 0 aliphatic carbocycles. The van der Waals surface area contributed by atoms with Crippen LogP contribution in [0.2, 0.25) is 0 Å². The summed E-state index contributed by atoms with van der Waals surface area (Å²) in [5.74, 6) is -0.163. The van der Waals surface area contributed by atoms with Crippen LogP contribution < -0.4 is 4.90 Å². The smallest absolute Gasteiger partial charge is 0.123 e. The molecular weight excluding hydrogens is 203 g/mol. The summed E-state index contributed by atoms with van der Waals surface area (Å²) in [4.78, 5) is 4.80. The SMILES string of the molecule is CCN1CCN(c2ccc(F)cc2)[C@H](C)C1. The maximum absolute atomic E-state index is 12.8. The number of likely N-dealkylation sites (N-methyl/N-ethyl adjacent to an activating group) is 1. The monoisotopic (exact) mass is 222 g/mol. The number of nitrogens with zero attached hydrogens (tertiary/aromatic N) is 2. The number of hydrogen-bond donors (Lipinski definition) is 0. The Kier molecular flexibility index (Phi) is 3.44. The zero-order valence-electron chi connectivity index (χ0n) is 9.99. The number of halogens is 1. The van der Waals surface area contributed by atoms with E-state index in [9.17, 15) is 4.39 Å². The second-order valence-corrected chi connectivity index (χ2v) is 4.41. The minimum atomic E-state index is -0.163. The van der Waals surface area contributed by atoms with Crippen LogP contribution in [0.3, 0.4) is 0 Å². The molecule has 3 heteroatoms. The van der Waals surface area contributed by atoms with E-state index in [1.807, 2.05) is 12.1 Å². The van der Waals surface area contributed by atoms with Crippen LogP contribution in [0.5, 0.6) is 0 Å². The third-order valence-corrected chi connectivity index (χ3v) is 3.32. The zero-order valence-corrected chi connectivity index (χ0v) is 9.99. The summed E-state index contributed by atoms with van der Waals surface area (Å²) in [5.41, 5.74) is 1.13. The molecule has 0 aromatic heterocycles. The summed E-state index contributed by atoms with van der Waals surface area (Å²) in [6, 6.07) is 7.31. The molecule has 1 aliphatic rings. The van der Waals surface area contributed by atoms with Crippen LogP contribution in [0.1, 0.15) is 13.8 Å². The molecule has 2 nitrogen and oxygen atoms in total. The highest BCUT2D eigenvalue weighted by molar-refractivity contribution is 5.47. The first-order valence-electron chi connectivity index (χ1n) is 5.95. The Morgan fingerprint density at radius 2 is 1.94 bits per heavy atom. The van der Waals surface area contributed by atoms with Crippen LogP contribution in [-0.4, -0.2) is 37.1 Å². The summed E-state index contributed by atoms with van der Waals surface area (Å²) in [6.45, 7) is 8.75. The second kappa shape index (κ2) is 4.83. The van der Waals surface area contributed by atoms with Gasteiger partial charge in [-0.3, -0.25) is 4.90 Å². The summed E-state index contributed by atoms with van der Waals surface area (Å²) in [7, 11) is 0. The molecule has 0 bridgehead atoms. The molecule has 0 spiro atoms. The lowest BCUT2D eigenvalue weighted by atomic mass is 10.1. The summed E-state index contributed by atoms with van der Waals surface area (Å²) in [5, 5.41) is 0. The van der Waals surface area contributed by atoms with Crippen LogP contribution in [0.4, 0.5) is 10.1 Å². The highest BCUT2D eigenvalue weighted by Crippen LogP contribution is 2.20. The van der Waals surface area contributed by atoms with Crippen molar-refractivity contribution in [3.05, 3.63) is 30.1 Å². The van der Waals surface area contributed by atoms with E-state index >= 15 is 0 Å². The molecule has 0 radical (unpaired) electrons. The largest absolute Gasteiger partial charge is 0.366 e. The van der Waals surface area contributed by atoms with Crippen molar-refractivity contribution in [3.8, 4) is 0 Å². The normalized spacial score (nSPS) is 22.4. The van der Waals surface area contributed by atoms with Crippen molar-refractivity contribution in [1.82, 2.24) is 4.90 Å². The number of hydrogen-bond acceptors (Lipinski definition) is 2. The van der Waals surface area contributed by atoms with E-state index in [2.05, 4.69) is 23.6 Å². The van der Waals surface area contributed by atoms with Gasteiger partial charge in [0.1, 0.15) is 5.82 Å². The van der Waals surface area contributed by atoms with Gasteiger partial charge in [0.05, 0.1) is 0 Å². The first-order valence-corrected chi connectivity index (χ1v) is 5.95. The maximum Gasteiger partial charge on any atom is 0.123 e. The molecule has 1 heterocycles. The van der Waals surface area contributed by atoms with Gasteiger partial charge in [0, 0.05) is 31.4 Å². The molecule has 88 valence electrons. The van der Waals surface area contributed by atoms with Crippen molar-refractivity contribution in [2.45, 2.75) is 19.9 Å². The molecule has 1 fully saturated rings. The molecular formula is C13H19FN2. The Labute approximate surface area is 96.7 Å². The predicted molar refractivity (Wildman–Crippen MR) is 65.3 cm³/mol. The van der Waals surface area contributed by atoms with E-state index in [4.69, 9.17) is 0 Å². The summed E-state index contributed by atoms with van der Waals surface area (Å²) in [6.07, 6.45) is 0. The first kappa shape index (κ1) is 11.4. The third kappa shape index (κ3) is 2.35. The molecule has 0 saturated carbocycles. The molecule has 1 aliphatic heterocycles. The van der Waals surface area contributed by atoms with Gasteiger partial charge in [-0.15, -0.1) is 0 Å². The van der Waals surface area contributed by atoms with Crippen LogP contribution in [0.15, 0.2) is 24.3 Å². The fraction of sp³-hybridized carbons (Fsp3) is 0.538. The second-order valence-electron chi connectivity index (χ2n) is 4.41. The lowest BCUT2D eigenvalue weighted by molar-refractivity contribution is 0.240. The fourth-order valence-electron chi connectivity index (χ4n) is 2.34. The van der Waals surface area contributed by atoms with Crippen molar-refractivity contribution >= 4 is 5.69 Å². The van der Waals surface area contributed by atoms with Gasteiger partial charge in [0.2, 0.25) is 0 Å². The van der Waals surface area contributed by atoms with Crippen molar-refractivity contribution in [1.29, 1.82) is 0 Å². The summed E-state index contributed by atoms with van der Waals surface area (Å²) >= 11 is 0. The molecule has 1 aromatic rings. The molecule has 1 saturated heterocycles. The van der Waals surface area contributed by atoms with Gasteiger partial charge in [-0.2, -0.15) is 0 Å². The number of benzene rings is 1. The van der Waals surface area contributed by atoms with Crippen LogP contribution >= 0.6 is 0 Å².